The zero-order valence-electron chi connectivity index (χ0n) is 23.8. The lowest BCUT2D eigenvalue weighted by Gasteiger charge is -2.45. The van der Waals surface area contributed by atoms with Crippen molar-refractivity contribution in [3.63, 3.8) is 0 Å². The average molecular weight is 673 g/mol. The molecule has 7 nitrogen and oxygen atoms in total. The number of aryl methyl sites for hydroxylation is 2. The molecular weight excluding hydrogens is 638 g/mol. The first-order valence-corrected chi connectivity index (χ1v) is 17.3. The first-order valence-electron chi connectivity index (χ1n) is 14.3. The second-order valence-corrected chi connectivity index (χ2v) is 13.9. The van der Waals surface area contributed by atoms with E-state index >= 15 is 0 Å². The van der Waals surface area contributed by atoms with Gasteiger partial charge in [0.05, 0.1) is 66.0 Å². The van der Waals surface area contributed by atoms with Crippen molar-refractivity contribution in [1.82, 2.24) is 4.57 Å². The molecule has 2 heterocycles. The van der Waals surface area contributed by atoms with Crippen LogP contribution in [0.1, 0.15) is 58.7 Å². The first-order chi connectivity index (χ1) is 20.0. The summed E-state index contributed by atoms with van der Waals surface area (Å²) in [5.41, 5.74) is 3.58. The first kappa shape index (κ1) is 31.5. The van der Waals surface area contributed by atoms with E-state index in [1.54, 1.807) is 12.1 Å². The highest BCUT2D eigenvalue weighted by Gasteiger charge is 2.45. The van der Waals surface area contributed by atoms with E-state index in [0.29, 0.717) is 39.5 Å². The van der Waals surface area contributed by atoms with E-state index in [4.69, 9.17) is 46.4 Å². The van der Waals surface area contributed by atoms with Crippen molar-refractivity contribution in [2.24, 2.45) is 0 Å². The zero-order chi connectivity index (χ0) is 30.3. The molecule has 0 bridgehead atoms. The number of fused-ring (bicyclic) bond motifs is 2. The molecule has 1 saturated carbocycles. The van der Waals surface area contributed by atoms with Gasteiger partial charge in [-0.05, 0) is 57.7 Å². The molecule has 226 valence electrons. The Morgan fingerprint density at radius 2 is 1.60 bits per heavy atom. The molecule has 0 radical (unpaired) electrons. The summed E-state index contributed by atoms with van der Waals surface area (Å²) in [5.74, 6) is 1.77. The molecule has 42 heavy (non-hydrogen) atoms. The summed E-state index contributed by atoms with van der Waals surface area (Å²) in [6.45, 7) is 8.44. The van der Waals surface area contributed by atoms with Crippen molar-refractivity contribution in [2.45, 2.75) is 77.3 Å². The molecule has 2 atom stereocenters. The number of hydrogen-bond donors (Lipinski definition) is 0. The van der Waals surface area contributed by atoms with Gasteiger partial charge in [0.2, 0.25) is 0 Å². The Hall–Kier alpha value is -1.94. The van der Waals surface area contributed by atoms with Gasteiger partial charge in [0.25, 0.3) is 5.82 Å². The number of hydrogen-bond acceptors (Lipinski definition) is 5. The highest BCUT2D eigenvalue weighted by molar-refractivity contribution is 7.86. The predicted molar refractivity (Wildman–Crippen MR) is 173 cm³/mol. The zero-order valence-corrected chi connectivity index (χ0v) is 27.6. The molecule has 12 heteroatoms. The normalized spacial score (nSPS) is 19.9. The molecular formula is C30H34Cl4N4O3S. The fourth-order valence-electron chi connectivity index (χ4n) is 6.09. The van der Waals surface area contributed by atoms with Gasteiger partial charge < -0.3 is 14.4 Å². The number of halogens is 4. The highest BCUT2D eigenvalue weighted by Crippen LogP contribution is 2.49. The number of anilines is 2. The van der Waals surface area contributed by atoms with Crippen molar-refractivity contribution in [3.05, 3.63) is 68.2 Å². The van der Waals surface area contributed by atoms with E-state index in [0.717, 1.165) is 66.4 Å². The van der Waals surface area contributed by atoms with Crippen molar-refractivity contribution in [1.29, 1.82) is 0 Å². The number of nitrogens with zero attached hydrogens (tertiary/aromatic N) is 4. The summed E-state index contributed by atoms with van der Waals surface area (Å²) in [4.78, 5) is 4.01. The van der Waals surface area contributed by atoms with Crippen LogP contribution in [0, 0.1) is 0 Å². The molecule has 0 N–H and O–H groups in total. The van der Waals surface area contributed by atoms with E-state index in [-0.39, 0.29) is 0 Å². The lowest BCUT2D eigenvalue weighted by Crippen LogP contribution is -2.54. The molecule has 1 fully saturated rings. The van der Waals surface area contributed by atoms with Gasteiger partial charge in [-0.15, -0.1) is 0 Å². The van der Waals surface area contributed by atoms with Crippen LogP contribution in [0.15, 0.2) is 42.2 Å². The molecule has 2 aliphatic rings. The third kappa shape index (κ3) is 5.66. The molecule has 3 aromatic rings. The van der Waals surface area contributed by atoms with Gasteiger partial charge in [0.15, 0.2) is 11.0 Å². The van der Waals surface area contributed by atoms with Crippen LogP contribution < -0.4 is 14.4 Å². The minimum absolute atomic E-state index is 0.332. The Balaban J connectivity index is 1.63. The van der Waals surface area contributed by atoms with Crippen LogP contribution >= 0.6 is 46.4 Å². The fourth-order valence-corrected chi connectivity index (χ4v) is 7.78. The van der Waals surface area contributed by atoms with Crippen LogP contribution in [-0.4, -0.2) is 35.4 Å². The maximum absolute atomic E-state index is 12.1. The minimum Gasteiger partial charge on any atom is -0.748 e. The van der Waals surface area contributed by atoms with Gasteiger partial charge in [-0.1, -0.05) is 65.8 Å². The second-order valence-electron chi connectivity index (χ2n) is 10.6. The van der Waals surface area contributed by atoms with Crippen LogP contribution in [0.2, 0.25) is 20.1 Å². The topological polar surface area (TPSA) is 72.5 Å². The smallest absolute Gasteiger partial charge is 0.282 e. The van der Waals surface area contributed by atoms with Gasteiger partial charge in [-0.2, -0.15) is 0 Å². The lowest BCUT2D eigenvalue weighted by molar-refractivity contribution is -0.674. The Kier molecular flexibility index (Phi) is 9.43. The number of imidazole rings is 1. The van der Waals surface area contributed by atoms with Gasteiger partial charge in [0.1, 0.15) is 5.82 Å². The lowest BCUT2D eigenvalue weighted by atomic mass is 9.90. The van der Waals surface area contributed by atoms with Gasteiger partial charge in [-0.3, -0.25) is 0 Å². The fraction of sp³-hybridized carbons (Fsp3) is 0.433. The maximum atomic E-state index is 12.1. The third-order valence-corrected chi connectivity index (χ3v) is 11.0. The molecule has 2 unspecified atom stereocenters. The van der Waals surface area contributed by atoms with Crippen LogP contribution in [-0.2, 0) is 23.2 Å². The Labute approximate surface area is 267 Å². The van der Waals surface area contributed by atoms with Crippen molar-refractivity contribution < 1.29 is 17.5 Å². The van der Waals surface area contributed by atoms with E-state index in [1.165, 1.54) is 0 Å². The average Bonchev–Trinajstić information content (AvgIpc) is 3.34. The molecule has 5 rings (SSSR count). The molecule has 1 aliphatic heterocycles. The Morgan fingerprint density at radius 3 is 2.19 bits per heavy atom. The molecule has 0 spiro atoms. The van der Waals surface area contributed by atoms with Gasteiger partial charge in [0, 0.05) is 24.8 Å². The van der Waals surface area contributed by atoms with E-state index < -0.39 is 21.4 Å². The van der Waals surface area contributed by atoms with Crippen molar-refractivity contribution in [2.75, 3.05) is 16.3 Å². The van der Waals surface area contributed by atoms with Crippen molar-refractivity contribution in [3.8, 4) is 0 Å². The number of aromatic nitrogens is 2. The van der Waals surface area contributed by atoms with Gasteiger partial charge in [-0.25, -0.2) is 17.6 Å². The van der Waals surface area contributed by atoms with Crippen LogP contribution in [0.5, 0.6) is 0 Å². The summed E-state index contributed by atoms with van der Waals surface area (Å²) in [5, 5.41) is 0.797. The minimum atomic E-state index is -4.48. The quantitative estimate of drug-likeness (QED) is 0.124. The number of unbranched alkanes of at least 4 members (excludes halogenated alkanes) is 2. The Bertz CT molecular complexity index is 1690. The number of benzene rings is 2. The highest BCUT2D eigenvalue weighted by atomic mass is 35.5. The summed E-state index contributed by atoms with van der Waals surface area (Å²) in [7, 11) is -4.48. The molecule has 2 aromatic carbocycles. The van der Waals surface area contributed by atoms with E-state index in [1.807, 2.05) is 36.1 Å². The molecule has 1 aromatic heterocycles. The van der Waals surface area contributed by atoms with Crippen LogP contribution in [0.3, 0.4) is 0 Å². The monoisotopic (exact) mass is 670 g/mol. The predicted octanol–water partition coefficient (Wildman–Crippen LogP) is 8.03. The summed E-state index contributed by atoms with van der Waals surface area (Å²) < 4.78 is 40.8. The number of rotatable bonds is 10. The van der Waals surface area contributed by atoms with E-state index in [9.17, 15) is 13.0 Å². The SMILES string of the molecule is CCCCC[n+]1c(C=CC=C2N(CC)c3cc(Cl)c(Cl)cc3N2C2CCC2S(=O)(=O)[O-])n(CC)c2cc(Cl)c(Cl)cc21. The van der Waals surface area contributed by atoms with Crippen molar-refractivity contribution >= 4 is 85.0 Å². The van der Waals surface area contributed by atoms with Gasteiger partial charge >= 0.3 is 0 Å². The third-order valence-electron chi connectivity index (χ3n) is 8.23. The largest absolute Gasteiger partial charge is 0.748 e. The maximum Gasteiger partial charge on any atom is 0.282 e. The van der Waals surface area contributed by atoms with Crippen LogP contribution in [0.4, 0.5) is 11.4 Å². The summed E-state index contributed by atoms with van der Waals surface area (Å²) in [6.07, 6.45) is 10.1. The molecule has 0 saturated heterocycles. The standard InChI is InChI=1S/C30H34Cl4N4O3S/c1-4-7-8-14-37-25-16-20(32)19(31)15-24(25)35(5-2)29(37)10-9-11-30-36(6-3)26-17-21(33)22(34)18-27(26)38(30)23-12-13-28(23)42(39,40)41/h9-11,15-18,23,28H,4-8,12-14H2,1-3H3. The van der Waals surface area contributed by atoms with Crippen LogP contribution in [0.25, 0.3) is 17.1 Å². The Morgan fingerprint density at radius 1 is 0.929 bits per heavy atom. The van der Waals surface area contributed by atoms with E-state index in [2.05, 4.69) is 34.0 Å². The summed E-state index contributed by atoms with van der Waals surface area (Å²) >= 11 is 25.7. The summed E-state index contributed by atoms with van der Waals surface area (Å²) in [6, 6.07) is 6.89. The molecule has 1 aliphatic carbocycles. The molecule has 0 amide bonds. The number of allylic oxidation sites excluding steroid dienone is 2. The second kappa shape index (κ2) is 12.6.